The standard InChI is InChI=1S/C11H6BrN3O4S/c12-8-3-6(15(18)19)5-14-10(8)20-7-1-2-13-9(4-7)11(16)17/h1-5H,(H,16,17). The molecule has 20 heavy (non-hydrogen) atoms. The lowest BCUT2D eigenvalue weighted by Crippen LogP contribution is -1.99. The lowest BCUT2D eigenvalue weighted by Gasteiger charge is -2.03. The van der Waals surface area contributed by atoms with E-state index in [0.717, 1.165) is 6.20 Å². The summed E-state index contributed by atoms with van der Waals surface area (Å²) < 4.78 is 0.463. The largest absolute Gasteiger partial charge is 0.477 e. The summed E-state index contributed by atoms with van der Waals surface area (Å²) in [5.41, 5.74) is -0.199. The van der Waals surface area contributed by atoms with Crippen LogP contribution in [0.5, 0.6) is 0 Å². The number of carbonyl (C=O) groups is 1. The van der Waals surface area contributed by atoms with Gasteiger partial charge in [-0.1, -0.05) is 11.8 Å². The molecular formula is C11H6BrN3O4S. The van der Waals surface area contributed by atoms with Gasteiger partial charge in [0.2, 0.25) is 0 Å². The molecule has 0 aliphatic heterocycles. The second-order valence-corrected chi connectivity index (χ2v) is 5.44. The highest BCUT2D eigenvalue weighted by molar-refractivity contribution is 9.10. The van der Waals surface area contributed by atoms with Gasteiger partial charge in [-0.3, -0.25) is 10.1 Å². The molecule has 0 saturated carbocycles. The zero-order chi connectivity index (χ0) is 14.7. The molecule has 1 N–H and O–H groups in total. The number of hydrogen-bond acceptors (Lipinski definition) is 6. The van der Waals surface area contributed by atoms with E-state index < -0.39 is 10.9 Å². The molecule has 0 radical (unpaired) electrons. The Morgan fingerprint density at radius 2 is 2.15 bits per heavy atom. The number of nitrogens with zero attached hydrogens (tertiary/aromatic N) is 3. The lowest BCUT2D eigenvalue weighted by atomic mass is 10.3. The van der Waals surface area contributed by atoms with Crippen molar-refractivity contribution in [3.63, 3.8) is 0 Å². The van der Waals surface area contributed by atoms with E-state index in [2.05, 4.69) is 25.9 Å². The number of carboxylic acids is 1. The van der Waals surface area contributed by atoms with Gasteiger partial charge < -0.3 is 5.11 Å². The van der Waals surface area contributed by atoms with E-state index in [9.17, 15) is 14.9 Å². The summed E-state index contributed by atoms with van der Waals surface area (Å²) in [5, 5.41) is 20.0. The van der Waals surface area contributed by atoms with E-state index in [4.69, 9.17) is 5.11 Å². The van der Waals surface area contributed by atoms with Gasteiger partial charge in [0, 0.05) is 17.2 Å². The summed E-state index contributed by atoms with van der Waals surface area (Å²) in [5.74, 6) is -1.12. The number of rotatable bonds is 4. The minimum Gasteiger partial charge on any atom is -0.477 e. The first kappa shape index (κ1) is 14.4. The smallest absolute Gasteiger partial charge is 0.354 e. The van der Waals surface area contributed by atoms with Gasteiger partial charge in [-0.25, -0.2) is 14.8 Å². The van der Waals surface area contributed by atoms with E-state index in [1.54, 1.807) is 6.07 Å². The first-order valence-electron chi connectivity index (χ1n) is 5.14. The van der Waals surface area contributed by atoms with Crippen molar-refractivity contribution in [2.24, 2.45) is 0 Å². The van der Waals surface area contributed by atoms with Crippen molar-refractivity contribution in [1.82, 2.24) is 9.97 Å². The van der Waals surface area contributed by atoms with Crippen LogP contribution in [-0.2, 0) is 0 Å². The topological polar surface area (TPSA) is 106 Å². The molecule has 102 valence electrons. The van der Waals surface area contributed by atoms with Crippen LogP contribution in [0.4, 0.5) is 5.69 Å². The fraction of sp³-hybridized carbons (Fsp3) is 0. The zero-order valence-corrected chi connectivity index (χ0v) is 12.1. The molecule has 9 heteroatoms. The Balaban J connectivity index is 2.28. The third kappa shape index (κ3) is 3.31. The fourth-order valence-electron chi connectivity index (χ4n) is 1.29. The fourth-order valence-corrected chi connectivity index (χ4v) is 2.66. The summed E-state index contributed by atoms with van der Waals surface area (Å²) in [7, 11) is 0. The van der Waals surface area contributed by atoms with Crippen LogP contribution in [0.2, 0.25) is 0 Å². The summed E-state index contributed by atoms with van der Waals surface area (Å²) in [6, 6.07) is 4.38. The number of aromatic nitrogens is 2. The van der Waals surface area contributed by atoms with Crippen LogP contribution in [-0.4, -0.2) is 26.0 Å². The molecule has 2 aromatic rings. The van der Waals surface area contributed by atoms with Gasteiger partial charge in [-0.2, -0.15) is 0 Å². The van der Waals surface area contributed by atoms with Crippen LogP contribution in [0.25, 0.3) is 0 Å². The van der Waals surface area contributed by atoms with Crippen LogP contribution in [0.15, 0.2) is 45.0 Å². The number of aromatic carboxylic acids is 1. The minimum absolute atomic E-state index is 0.0759. The molecule has 0 aliphatic rings. The van der Waals surface area contributed by atoms with Gasteiger partial charge in [0.25, 0.3) is 5.69 Å². The summed E-state index contributed by atoms with van der Waals surface area (Å²) in [6.45, 7) is 0. The number of hydrogen-bond donors (Lipinski definition) is 1. The molecule has 0 fully saturated rings. The van der Waals surface area contributed by atoms with Gasteiger partial charge in [0.05, 0.1) is 9.40 Å². The Bertz CT molecular complexity index is 695. The maximum absolute atomic E-state index is 10.8. The highest BCUT2D eigenvalue weighted by atomic mass is 79.9. The highest BCUT2D eigenvalue weighted by Crippen LogP contribution is 2.33. The Morgan fingerprint density at radius 3 is 2.75 bits per heavy atom. The first-order chi connectivity index (χ1) is 9.47. The lowest BCUT2D eigenvalue weighted by molar-refractivity contribution is -0.385. The Hall–Kier alpha value is -2.00. The molecule has 0 atom stereocenters. The van der Waals surface area contributed by atoms with Crippen molar-refractivity contribution in [1.29, 1.82) is 0 Å². The molecule has 0 bridgehead atoms. The SMILES string of the molecule is O=C(O)c1cc(Sc2ncc([N+](=O)[O-])cc2Br)ccn1. The van der Waals surface area contributed by atoms with Crippen LogP contribution in [0.1, 0.15) is 10.5 Å². The number of carboxylic acid groups (broad SMARTS) is 1. The average Bonchev–Trinajstić information content (AvgIpc) is 2.41. The third-order valence-corrected chi connectivity index (χ3v) is 4.04. The second-order valence-electron chi connectivity index (χ2n) is 3.52. The number of nitro groups is 1. The maximum Gasteiger partial charge on any atom is 0.354 e. The van der Waals surface area contributed by atoms with Crippen molar-refractivity contribution in [3.05, 3.63) is 50.9 Å². The maximum atomic E-state index is 10.8. The Labute approximate surface area is 125 Å². The molecular weight excluding hydrogens is 350 g/mol. The van der Waals surface area contributed by atoms with Crippen molar-refractivity contribution in [2.45, 2.75) is 9.92 Å². The monoisotopic (exact) mass is 355 g/mol. The van der Waals surface area contributed by atoms with E-state index in [0.29, 0.717) is 14.4 Å². The Kier molecular flexibility index (Phi) is 4.30. The zero-order valence-electron chi connectivity index (χ0n) is 9.69. The first-order valence-corrected chi connectivity index (χ1v) is 6.75. The number of pyridine rings is 2. The van der Waals surface area contributed by atoms with Crippen molar-refractivity contribution < 1.29 is 14.8 Å². The number of halogens is 1. The third-order valence-electron chi connectivity index (χ3n) is 2.17. The second kappa shape index (κ2) is 5.97. The normalized spacial score (nSPS) is 10.2. The van der Waals surface area contributed by atoms with E-state index >= 15 is 0 Å². The van der Waals surface area contributed by atoms with E-state index in [1.165, 1.54) is 30.1 Å². The molecule has 0 saturated heterocycles. The van der Waals surface area contributed by atoms with Gasteiger partial charge in [-0.05, 0) is 28.1 Å². The Morgan fingerprint density at radius 1 is 1.40 bits per heavy atom. The molecule has 7 nitrogen and oxygen atoms in total. The van der Waals surface area contributed by atoms with Crippen LogP contribution in [0, 0.1) is 10.1 Å². The van der Waals surface area contributed by atoms with Crippen LogP contribution in [0.3, 0.4) is 0 Å². The quantitative estimate of drug-likeness (QED) is 0.663. The molecule has 2 heterocycles. The highest BCUT2D eigenvalue weighted by Gasteiger charge is 2.12. The molecule has 0 spiro atoms. The van der Waals surface area contributed by atoms with Gasteiger partial charge in [0.15, 0.2) is 0 Å². The summed E-state index contributed by atoms with van der Waals surface area (Å²) in [6.07, 6.45) is 2.53. The molecule has 2 rings (SSSR count). The van der Waals surface area contributed by atoms with Crippen molar-refractivity contribution in [3.8, 4) is 0 Å². The van der Waals surface area contributed by atoms with Gasteiger partial charge in [0.1, 0.15) is 16.9 Å². The summed E-state index contributed by atoms with van der Waals surface area (Å²) >= 11 is 4.38. The van der Waals surface area contributed by atoms with Gasteiger partial charge >= 0.3 is 5.97 Å². The van der Waals surface area contributed by atoms with Crippen LogP contribution < -0.4 is 0 Å². The minimum atomic E-state index is -1.12. The van der Waals surface area contributed by atoms with Crippen LogP contribution >= 0.6 is 27.7 Å². The van der Waals surface area contributed by atoms with Crippen molar-refractivity contribution in [2.75, 3.05) is 0 Å². The predicted octanol–water partition coefficient (Wildman–Crippen LogP) is 3.00. The molecule has 0 amide bonds. The molecule has 0 unspecified atom stereocenters. The molecule has 2 aromatic heterocycles. The van der Waals surface area contributed by atoms with E-state index in [1.807, 2.05) is 0 Å². The van der Waals surface area contributed by atoms with Gasteiger partial charge in [-0.15, -0.1) is 0 Å². The summed E-state index contributed by atoms with van der Waals surface area (Å²) in [4.78, 5) is 29.2. The molecule has 0 aromatic carbocycles. The molecule has 0 aliphatic carbocycles. The van der Waals surface area contributed by atoms with Crippen molar-refractivity contribution >= 4 is 39.3 Å². The van der Waals surface area contributed by atoms with E-state index in [-0.39, 0.29) is 11.4 Å². The average molecular weight is 356 g/mol. The predicted molar refractivity (Wildman–Crippen MR) is 73.9 cm³/mol.